The van der Waals surface area contributed by atoms with Gasteiger partial charge in [-0.3, -0.25) is 4.79 Å². The van der Waals surface area contributed by atoms with Gasteiger partial charge < -0.3 is 40.3 Å². The first-order valence-electron chi connectivity index (χ1n) is 26.1. The highest BCUT2D eigenvalue weighted by molar-refractivity contribution is 5.96. The molecule has 2 aliphatic carbocycles. The van der Waals surface area contributed by atoms with E-state index >= 15 is 0 Å². The van der Waals surface area contributed by atoms with E-state index in [9.17, 15) is 20.0 Å². The van der Waals surface area contributed by atoms with E-state index in [4.69, 9.17) is 30.7 Å². The first kappa shape index (κ1) is 56.4. The molecule has 0 unspecified atom stereocenters. The van der Waals surface area contributed by atoms with Crippen LogP contribution in [0.3, 0.4) is 0 Å². The molecule has 0 aromatic heterocycles. The van der Waals surface area contributed by atoms with Crippen LogP contribution in [-0.2, 0) is 0 Å². The van der Waals surface area contributed by atoms with Gasteiger partial charge in [0.2, 0.25) is 0 Å². The highest BCUT2D eigenvalue weighted by atomic mass is 16.5. The summed E-state index contributed by atoms with van der Waals surface area (Å²) in [6.07, 6.45) is 4.55. The number of anilines is 2. The summed E-state index contributed by atoms with van der Waals surface area (Å²) in [6, 6.07) is 27.4. The van der Waals surface area contributed by atoms with Crippen molar-refractivity contribution < 1.29 is 34.4 Å². The number of nitrogens with zero attached hydrogens (tertiary/aromatic N) is 4. The normalized spacial score (nSPS) is 22.6. The second kappa shape index (κ2) is 22.7. The predicted molar refractivity (Wildman–Crippen MR) is 290 cm³/mol. The van der Waals surface area contributed by atoms with Crippen LogP contribution >= 0.6 is 0 Å². The summed E-state index contributed by atoms with van der Waals surface area (Å²) in [7, 11) is 0. The molecule has 2 saturated heterocycles. The van der Waals surface area contributed by atoms with Crippen LogP contribution in [-0.4, -0.2) is 84.7 Å². The van der Waals surface area contributed by atoms with Gasteiger partial charge in [-0.25, -0.2) is 4.79 Å². The van der Waals surface area contributed by atoms with Crippen LogP contribution in [0.5, 0.6) is 11.5 Å². The van der Waals surface area contributed by atoms with Gasteiger partial charge in [-0.2, -0.15) is 10.5 Å². The number of benzene rings is 4. The zero-order valence-corrected chi connectivity index (χ0v) is 45.5. The van der Waals surface area contributed by atoms with Crippen molar-refractivity contribution in [3.8, 4) is 23.6 Å². The number of aliphatic hydroxyl groups is 2. The quantitative estimate of drug-likeness (QED) is 0.0983. The van der Waals surface area contributed by atoms with E-state index < -0.39 is 5.97 Å². The molecule has 0 amide bonds. The number of piperidine rings is 2. The van der Waals surface area contributed by atoms with Crippen LogP contribution in [0, 0.1) is 89.8 Å². The van der Waals surface area contributed by atoms with Crippen LogP contribution in [0.1, 0.15) is 142 Å². The molecule has 392 valence electrons. The van der Waals surface area contributed by atoms with E-state index in [0.29, 0.717) is 29.4 Å². The fraction of sp³-hybridized carbons (Fsp3) is 0.541. The zero-order valence-electron chi connectivity index (χ0n) is 45.5. The lowest BCUT2D eigenvalue weighted by Crippen LogP contribution is -2.72. The van der Waals surface area contributed by atoms with Crippen LogP contribution in [0.25, 0.3) is 0 Å². The van der Waals surface area contributed by atoms with Gasteiger partial charge >= 0.3 is 5.97 Å². The number of aryl methyl sites for hydroxylation is 4. The van der Waals surface area contributed by atoms with Crippen molar-refractivity contribution in [1.29, 1.82) is 10.5 Å². The Bertz CT molecular complexity index is 2580. The highest BCUT2D eigenvalue weighted by Crippen LogP contribution is 2.62. The van der Waals surface area contributed by atoms with Crippen LogP contribution in [0.2, 0.25) is 0 Å². The van der Waals surface area contributed by atoms with Crippen LogP contribution in [0.4, 0.5) is 11.4 Å². The summed E-state index contributed by atoms with van der Waals surface area (Å²) in [6.45, 7) is 29.5. The average molecular weight is 996 g/mol. The number of aliphatic hydroxyl groups excluding tert-OH is 2. The Morgan fingerprint density at radius 3 is 1.23 bits per heavy atom. The van der Waals surface area contributed by atoms with Crippen molar-refractivity contribution in [3.63, 3.8) is 0 Å². The Labute approximate surface area is 435 Å². The lowest BCUT2D eigenvalue weighted by Gasteiger charge is -2.63. The van der Waals surface area contributed by atoms with Gasteiger partial charge in [0, 0.05) is 90.5 Å². The molecule has 2 aliphatic heterocycles. The minimum Gasteiger partial charge on any atom is -0.489 e. The topological polar surface area (TPSA) is 193 Å². The molecular weight excluding hydrogens is 915 g/mol. The molecule has 5 N–H and O–H groups in total. The summed E-state index contributed by atoms with van der Waals surface area (Å²) in [4.78, 5) is 28.6. The number of nitriles is 2. The number of ether oxygens (including phenoxy) is 2. The Hall–Kier alpha value is -5.92. The maximum Gasteiger partial charge on any atom is 0.335 e. The number of nitrogens with two attached hydrogens (primary N) is 1. The van der Waals surface area contributed by atoms with Gasteiger partial charge in [0.25, 0.3) is 0 Å². The lowest BCUT2D eigenvalue weighted by molar-refractivity contribution is -0.196. The molecule has 0 atom stereocenters. The Morgan fingerprint density at radius 2 is 0.918 bits per heavy atom. The number of rotatable bonds is 12. The van der Waals surface area contributed by atoms with Crippen molar-refractivity contribution in [3.05, 3.63) is 117 Å². The van der Waals surface area contributed by atoms with E-state index in [1.165, 1.54) is 0 Å². The van der Waals surface area contributed by atoms with Crippen molar-refractivity contribution >= 4 is 23.1 Å². The second-order valence-electron chi connectivity index (χ2n) is 23.7. The number of hydrogen-bond acceptors (Lipinski definition) is 11. The van der Waals surface area contributed by atoms with E-state index in [2.05, 4.69) is 89.5 Å². The number of aromatic carboxylic acids is 1. The Morgan fingerprint density at radius 1 is 0.589 bits per heavy atom. The number of hydrogen-bond donors (Lipinski definition) is 4. The molecule has 4 aromatic rings. The first-order chi connectivity index (χ1) is 34.3. The van der Waals surface area contributed by atoms with E-state index in [0.717, 1.165) is 108 Å². The van der Waals surface area contributed by atoms with Gasteiger partial charge in [0.1, 0.15) is 23.7 Å². The van der Waals surface area contributed by atoms with Gasteiger partial charge in [0.05, 0.1) is 28.8 Å². The molecule has 8 rings (SSSR count). The SMILES string of the molecule is Cc1cc(OC2C(C)(C)C(CC(=O)c3ccc(N4CCC(CO)CC4)cc3)C2(C)C)cc(C)c1C#N.Cc1cc(OC2C(C)(C)C(N)C2(C)C)cc(C)c1C#N.O=C(O)c1ccc(N2CCC(CO)CC2)cc1. The Kier molecular flexibility index (Phi) is 17.5. The number of Topliss-reactive ketones (excluding diaryl/α,β-unsaturated/α-hetero) is 1. The Balaban J connectivity index is 0.000000197. The monoisotopic (exact) mass is 996 g/mol. The molecule has 12 nitrogen and oxygen atoms in total. The molecule has 0 bridgehead atoms. The third kappa shape index (κ3) is 12.0. The summed E-state index contributed by atoms with van der Waals surface area (Å²) in [5, 5.41) is 45.7. The zero-order chi connectivity index (χ0) is 53.8. The van der Waals surface area contributed by atoms with Crippen molar-refractivity contribution in [2.75, 3.05) is 49.2 Å². The highest BCUT2D eigenvalue weighted by Gasteiger charge is 2.64. The molecule has 4 aliphatic rings. The predicted octanol–water partition coefficient (Wildman–Crippen LogP) is 11.0. The van der Waals surface area contributed by atoms with Crippen molar-refractivity contribution in [1.82, 2.24) is 0 Å². The largest absolute Gasteiger partial charge is 0.489 e. The number of carboxylic acids is 1. The van der Waals surface area contributed by atoms with Crippen molar-refractivity contribution in [2.45, 2.75) is 133 Å². The van der Waals surface area contributed by atoms with Crippen LogP contribution in [0.15, 0.2) is 72.8 Å². The van der Waals surface area contributed by atoms with E-state index in [1.807, 2.05) is 76.2 Å². The lowest BCUT2D eigenvalue weighted by atomic mass is 9.44. The summed E-state index contributed by atoms with van der Waals surface area (Å²) >= 11 is 0. The molecule has 0 radical (unpaired) electrons. The molecule has 0 spiro atoms. The minimum absolute atomic E-state index is 0.0289. The van der Waals surface area contributed by atoms with Gasteiger partial charge in [0.15, 0.2) is 5.78 Å². The van der Waals surface area contributed by atoms with E-state index in [1.54, 1.807) is 12.1 Å². The van der Waals surface area contributed by atoms with Gasteiger partial charge in [-0.05, 0) is 166 Å². The summed E-state index contributed by atoms with van der Waals surface area (Å²) < 4.78 is 12.7. The second-order valence-corrected chi connectivity index (χ2v) is 23.7. The maximum atomic E-state index is 13.3. The number of carbonyl (C=O) groups is 2. The van der Waals surface area contributed by atoms with Gasteiger partial charge in [-0.15, -0.1) is 0 Å². The minimum atomic E-state index is -0.893. The number of ketones is 1. The maximum absolute atomic E-state index is 13.3. The summed E-state index contributed by atoms with van der Waals surface area (Å²) in [5.74, 6) is 1.93. The van der Waals surface area contributed by atoms with E-state index in [-0.39, 0.29) is 64.8 Å². The van der Waals surface area contributed by atoms with Crippen molar-refractivity contribution in [2.24, 2.45) is 45.1 Å². The number of carbonyl (C=O) groups excluding carboxylic acids is 1. The molecular formula is C61H81N5O7. The standard InChI is InChI=1S/C31H40N2O3.C17H24N2O.C13H17NO3/c1-20-15-25(16-21(2)26(20)18-32)36-29-30(3,4)28(31(29,5)6)17-27(35)23-7-9-24(10-8-23)33-13-11-22(19-34)12-14-33;1-10-7-12(8-11(2)13(10)9-18)20-15-16(3,4)14(19)17(15,5)6;15-9-10-5-7-14(8-6-10)12-3-1-11(2-4-12)13(16)17/h7-10,15-16,22,28-29,34H,11-14,17,19H2,1-6H3;7-8,14-15H,19H2,1-6H3;1-4,10,15H,5-9H2,(H,16,17). The van der Waals surface area contributed by atoms with Crippen LogP contribution < -0.4 is 25.0 Å². The number of carboxylic acid groups (broad SMARTS) is 1. The smallest absolute Gasteiger partial charge is 0.335 e. The molecule has 4 fully saturated rings. The molecule has 2 heterocycles. The molecule has 12 heteroatoms. The molecule has 4 aromatic carbocycles. The average Bonchev–Trinajstić information content (AvgIpc) is 3.36. The fourth-order valence-corrected chi connectivity index (χ4v) is 12.8. The first-order valence-corrected chi connectivity index (χ1v) is 26.1. The third-order valence-electron chi connectivity index (χ3n) is 17.0. The summed E-state index contributed by atoms with van der Waals surface area (Å²) in [5.41, 5.74) is 14.4. The fourth-order valence-electron chi connectivity index (χ4n) is 12.8. The van der Waals surface area contributed by atoms with Gasteiger partial charge in [-0.1, -0.05) is 55.4 Å². The third-order valence-corrected chi connectivity index (χ3v) is 17.0. The molecule has 2 saturated carbocycles. The molecule has 73 heavy (non-hydrogen) atoms.